The van der Waals surface area contributed by atoms with Crippen LogP contribution in [0.1, 0.15) is 0 Å². The Morgan fingerprint density at radius 3 is 1.36 bits per heavy atom. The van der Waals surface area contributed by atoms with E-state index in [2.05, 4.69) is 88.8 Å². The first-order chi connectivity index (χ1) is 27.2. The van der Waals surface area contributed by atoms with E-state index >= 15 is 0 Å². The average Bonchev–Trinajstić information content (AvgIpc) is 3.65. The molecule has 0 unspecified atom stereocenters. The van der Waals surface area contributed by atoms with Gasteiger partial charge in [0, 0.05) is 34.0 Å². The second-order valence-electron chi connectivity index (χ2n) is 13.2. The number of rotatable bonds is 7. The van der Waals surface area contributed by atoms with Gasteiger partial charge in [0.15, 0.2) is 28.9 Å². The Kier molecular flexibility index (Phi) is 8.00. The summed E-state index contributed by atoms with van der Waals surface area (Å²) in [6.07, 6.45) is 3.56. The molecule has 0 aliphatic carbocycles. The van der Waals surface area contributed by atoms with Crippen LogP contribution < -0.4 is 0 Å². The van der Waals surface area contributed by atoms with E-state index in [-0.39, 0.29) is 0 Å². The van der Waals surface area contributed by atoms with Crippen LogP contribution in [0.15, 0.2) is 187 Å². The topological polar surface area (TPSA) is 90.5 Å². The highest BCUT2D eigenvalue weighted by Gasteiger charge is 2.16. The first-order valence-corrected chi connectivity index (χ1v) is 18.0. The van der Waals surface area contributed by atoms with E-state index in [1.54, 1.807) is 6.20 Å². The number of nitrogens with zero attached hydrogens (tertiary/aromatic N) is 6. The summed E-state index contributed by atoms with van der Waals surface area (Å²) in [4.78, 5) is 29.2. The fourth-order valence-corrected chi connectivity index (χ4v) is 6.84. The number of benzene rings is 6. The van der Waals surface area contributed by atoms with Gasteiger partial charge >= 0.3 is 0 Å². The SMILES string of the molecule is c1ccc(-c2cccc(-c3cnc4oc5cnc(-c6ccc(-c7nc(-c8ccccc8)nc(-c8cccc(-c9ccccc9)c8)n7)cc6)nc5c4c3)c2)cc1. The molecular weight excluding hydrogens is 677 g/mol. The van der Waals surface area contributed by atoms with E-state index in [9.17, 15) is 0 Å². The van der Waals surface area contributed by atoms with Gasteiger partial charge in [0.05, 0.1) is 11.6 Å². The molecule has 10 aromatic rings. The van der Waals surface area contributed by atoms with Crippen molar-refractivity contribution in [2.45, 2.75) is 0 Å². The molecule has 0 saturated heterocycles. The molecule has 4 heterocycles. The van der Waals surface area contributed by atoms with Crippen molar-refractivity contribution < 1.29 is 4.42 Å². The zero-order valence-electron chi connectivity index (χ0n) is 29.4. The Labute approximate surface area is 316 Å². The number of furan rings is 1. The lowest BCUT2D eigenvalue weighted by atomic mass is 9.99. The summed E-state index contributed by atoms with van der Waals surface area (Å²) in [6.45, 7) is 0. The summed E-state index contributed by atoms with van der Waals surface area (Å²) in [7, 11) is 0. The Morgan fingerprint density at radius 1 is 0.309 bits per heavy atom. The Hall–Kier alpha value is -7.64. The molecule has 7 heteroatoms. The second-order valence-corrected chi connectivity index (χ2v) is 13.2. The molecule has 0 aliphatic heterocycles. The van der Waals surface area contributed by atoms with Gasteiger partial charge in [0.1, 0.15) is 5.52 Å². The smallest absolute Gasteiger partial charge is 0.229 e. The number of hydrogen-bond acceptors (Lipinski definition) is 7. The molecule has 7 nitrogen and oxygen atoms in total. The van der Waals surface area contributed by atoms with Crippen LogP contribution in [0.4, 0.5) is 0 Å². The van der Waals surface area contributed by atoms with E-state index in [0.717, 1.165) is 61.0 Å². The van der Waals surface area contributed by atoms with Crippen LogP contribution in [0.25, 0.3) is 101 Å². The fraction of sp³-hybridized carbons (Fsp3) is 0. The van der Waals surface area contributed by atoms with Gasteiger partial charge in [-0.3, -0.25) is 0 Å². The lowest BCUT2D eigenvalue weighted by Crippen LogP contribution is -2.00. The van der Waals surface area contributed by atoms with Crippen molar-refractivity contribution in [1.29, 1.82) is 0 Å². The molecule has 0 fully saturated rings. The van der Waals surface area contributed by atoms with E-state index in [4.69, 9.17) is 24.4 Å². The lowest BCUT2D eigenvalue weighted by molar-refractivity contribution is 0.651. The molecule has 55 heavy (non-hydrogen) atoms. The molecule has 4 aromatic heterocycles. The number of fused-ring (bicyclic) bond motifs is 3. The highest BCUT2D eigenvalue weighted by atomic mass is 16.3. The standard InChI is InChI=1S/C48H30N6O/c1-4-12-31(13-5-1)36-18-10-20-38(26-36)40-28-41-43-42(55-48(41)50-29-40)30-49-44(51-43)34-22-24-35(25-23-34)46-52-45(33-16-8-3-9-17-33)53-47(54-46)39-21-11-19-37(27-39)32-14-6-2-7-15-32/h1-30H. The van der Waals surface area contributed by atoms with Crippen molar-refractivity contribution in [3.05, 3.63) is 182 Å². The number of pyridine rings is 1. The van der Waals surface area contributed by atoms with Crippen molar-refractivity contribution in [2.75, 3.05) is 0 Å². The van der Waals surface area contributed by atoms with E-state index in [0.29, 0.717) is 40.1 Å². The zero-order valence-corrected chi connectivity index (χ0v) is 29.4. The highest BCUT2D eigenvalue weighted by Crippen LogP contribution is 2.33. The summed E-state index contributed by atoms with van der Waals surface area (Å²) in [6, 6.07) is 57.5. The molecule has 6 aromatic carbocycles. The zero-order chi connectivity index (χ0) is 36.6. The third kappa shape index (κ3) is 6.30. The third-order valence-electron chi connectivity index (χ3n) is 9.67. The minimum atomic E-state index is 0.522. The third-order valence-corrected chi connectivity index (χ3v) is 9.67. The van der Waals surface area contributed by atoms with E-state index in [1.807, 2.05) is 97.2 Å². The number of aromatic nitrogens is 6. The van der Waals surface area contributed by atoms with E-state index in [1.165, 1.54) is 0 Å². The van der Waals surface area contributed by atoms with Crippen molar-refractivity contribution >= 4 is 22.2 Å². The van der Waals surface area contributed by atoms with Crippen molar-refractivity contribution in [3.8, 4) is 78.9 Å². The predicted octanol–water partition coefficient (Wildman–Crippen LogP) is 11.6. The Morgan fingerprint density at radius 2 is 0.764 bits per heavy atom. The van der Waals surface area contributed by atoms with Gasteiger partial charge in [0.25, 0.3) is 0 Å². The maximum absolute atomic E-state index is 6.07. The maximum atomic E-state index is 6.07. The predicted molar refractivity (Wildman–Crippen MR) is 219 cm³/mol. The van der Waals surface area contributed by atoms with Crippen LogP contribution in [-0.4, -0.2) is 29.9 Å². The Bertz CT molecular complexity index is 2970. The quantitative estimate of drug-likeness (QED) is 0.163. The second kappa shape index (κ2) is 13.7. The summed E-state index contributed by atoms with van der Waals surface area (Å²) in [5, 5.41) is 0.834. The summed E-state index contributed by atoms with van der Waals surface area (Å²) < 4.78 is 6.07. The Balaban J connectivity index is 1.00. The van der Waals surface area contributed by atoms with Gasteiger partial charge in [-0.2, -0.15) is 0 Å². The average molecular weight is 707 g/mol. The van der Waals surface area contributed by atoms with Gasteiger partial charge in [0.2, 0.25) is 5.71 Å². The molecular formula is C48H30N6O. The summed E-state index contributed by atoms with van der Waals surface area (Å²) >= 11 is 0. The van der Waals surface area contributed by atoms with Gasteiger partial charge in [-0.1, -0.05) is 152 Å². The maximum Gasteiger partial charge on any atom is 0.229 e. The van der Waals surface area contributed by atoms with Crippen molar-refractivity contribution in [3.63, 3.8) is 0 Å². The molecule has 0 aliphatic rings. The summed E-state index contributed by atoms with van der Waals surface area (Å²) in [5.41, 5.74) is 11.9. The molecule has 0 spiro atoms. The molecule has 10 rings (SSSR count). The van der Waals surface area contributed by atoms with Gasteiger partial charge in [-0.25, -0.2) is 29.9 Å². The lowest BCUT2D eigenvalue weighted by Gasteiger charge is -2.10. The molecule has 0 bridgehead atoms. The van der Waals surface area contributed by atoms with Gasteiger partial charge in [-0.15, -0.1) is 0 Å². The molecule has 0 amide bonds. The van der Waals surface area contributed by atoms with Crippen LogP contribution >= 0.6 is 0 Å². The first kappa shape index (κ1) is 32.0. The van der Waals surface area contributed by atoms with Crippen LogP contribution in [0.3, 0.4) is 0 Å². The minimum absolute atomic E-state index is 0.522. The van der Waals surface area contributed by atoms with Gasteiger partial charge < -0.3 is 4.42 Å². The highest BCUT2D eigenvalue weighted by molar-refractivity contribution is 6.02. The molecule has 258 valence electrons. The van der Waals surface area contributed by atoms with Crippen LogP contribution in [-0.2, 0) is 0 Å². The summed E-state index contributed by atoms with van der Waals surface area (Å²) in [5.74, 6) is 2.37. The molecule has 0 N–H and O–H groups in total. The minimum Gasteiger partial charge on any atom is -0.434 e. The van der Waals surface area contributed by atoms with E-state index < -0.39 is 0 Å². The van der Waals surface area contributed by atoms with Crippen LogP contribution in [0, 0.1) is 0 Å². The largest absolute Gasteiger partial charge is 0.434 e. The van der Waals surface area contributed by atoms with Crippen molar-refractivity contribution in [2.24, 2.45) is 0 Å². The van der Waals surface area contributed by atoms with Crippen molar-refractivity contribution in [1.82, 2.24) is 29.9 Å². The first-order valence-electron chi connectivity index (χ1n) is 18.0. The fourth-order valence-electron chi connectivity index (χ4n) is 6.84. The van der Waals surface area contributed by atoms with Gasteiger partial charge in [-0.05, 0) is 46.0 Å². The van der Waals surface area contributed by atoms with Crippen LogP contribution in [0.5, 0.6) is 0 Å². The number of hydrogen-bond donors (Lipinski definition) is 0. The molecule has 0 radical (unpaired) electrons. The van der Waals surface area contributed by atoms with Crippen LogP contribution in [0.2, 0.25) is 0 Å². The monoisotopic (exact) mass is 706 g/mol. The normalized spacial score (nSPS) is 11.3. The molecule has 0 saturated carbocycles. The molecule has 0 atom stereocenters.